The molecule has 5 nitrogen and oxygen atoms in total. The van der Waals surface area contributed by atoms with Gasteiger partial charge in [0.25, 0.3) is 0 Å². The van der Waals surface area contributed by atoms with Crippen LogP contribution in [0.1, 0.15) is 32.3 Å². The molecule has 3 rings (SSSR count). The van der Waals surface area contributed by atoms with Gasteiger partial charge in [0, 0.05) is 10.9 Å². The molecule has 0 aliphatic carbocycles. The van der Waals surface area contributed by atoms with Crippen LogP contribution in [-0.4, -0.2) is 17.4 Å². The highest BCUT2D eigenvalue weighted by Crippen LogP contribution is 2.36. The standard InChI is InChI=1S/C22H24N4O/c1-14(2)15(3)17-10-7-11-18-21(17)20(26-22(23)24-13-27)12-19(25-18)16-8-5-4-6-9-16/h4-15H,1-3H3,(H3,23,24,25,26,27). The van der Waals surface area contributed by atoms with Gasteiger partial charge in [0.05, 0.1) is 16.9 Å². The van der Waals surface area contributed by atoms with Crippen molar-refractivity contribution >= 4 is 29.0 Å². The Morgan fingerprint density at radius 1 is 1.07 bits per heavy atom. The van der Waals surface area contributed by atoms with Gasteiger partial charge < -0.3 is 5.32 Å². The Labute approximate surface area is 159 Å². The van der Waals surface area contributed by atoms with Crippen molar-refractivity contribution in [1.82, 2.24) is 10.3 Å². The maximum absolute atomic E-state index is 10.7. The minimum Gasteiger partial charge on any atom is -0.325 e. The molecule has 0 spiro atoms. The van der Waals surface area contributed by atoms with Crippen molar-refractivity contribution < 1.29 is 4.79 Å². The molecule has 1 heterocycles. The number of guanidine groups is 1. The number of nitrogens with one attached hydrogen (secondary N) is 3. The number of carbonyl (C=O) groups excluding carboxylic acids is 1. The number of hydrogen-bond acceptors (Lipinski definition) is 3. The maximum Gasteiger partial charge on any atom is 0.213 e. The van der Waals surface area contributed by atoms with Gasteiger partial charge in [-0.3, -0.25) is 15.5 Å². The first kappa shape index (κ1) is 18.6. The van der Waals surface area contributed by atoms with Crippen LogP contribution in [0.3, 0.4) is 0 Å². The number of benzene rings is 2. The van der Waals surface area contributed by atoms with E-state index in [1.165, 1.54) is 5.56 Å². The van der Waals surface area contributed by atoms with Crippen LogP contribution in [0.15, 0.2) is 54.6 Å². The summed E-state index contributed by atoms with van der Waals surface area (Å²) < 4.78 is 0. The van der Waals surface area contributed by atoms with Crippen LogP contribution in [0.25, 0.3) is 22.2 Å². The SMILES string of the molecule is CC(C)C(C)c1cccc2nc(-c3ccccc3)cc(NC(=N)NC=O)c12. The lowest BCUT2D eigenvalue weighted by Crippen LogP contribution is -2.28. The van der Waals surface area contributed by atoms with Crippen molar-refractivity contribution in [3.8, 4) is 11.3 Å². The average Bonchev–Trinajstić information content (AvgIpc) is 2.67. The number of aromatic nitrogens is 1. The van der Waals surface area contributed by atoms with Crippen LogP contribution < -0.4 is 10.6 Å². The first-order valence-corrected chi connectivity index (χ1v) is 9.06. The van der Waals surface area contributed by atoms with Gasteiger partial charge in [-0.25, -0.2) is 4.98 Å². The van der Waals surface area contributed by atoms with E-state index in [9.17, 15) is 4.79 Å². The summed E-state index contributed by atoms with van der Waals surface area (Å²) in [7, 11) is 0. The van der Waals surface area contributed by atoms with Crippen LogP contribution in [0.2, 0.25) is 0 Å². The van der Waals surface area contributed by atoms with Crippen molar-refractivity contribution in [1.29, 1.82) is 5.41 Å². The van der Waals surface area contributed by atoms with Crippen molar-refractivity contribution in [2.24, 2.45) is 5.92 Å². The third-order valence-electron chi connectivity index (χ3n) is 4.89. The second-order valence-electron chi connectivity index (χ2n) is 6.96. The molecular weight excluding hydrogens is 336 g/mol. The van der Waals surface area contributed by atoms with E-state index in [0.29, 0.717) is 18.2 Å². The average molecular weight is 360 g/mol. The zero-order valence-corrected chi connectivity index (χ0v) is 15.8. The molecule has 3 N–H and O–H groups in total. The monoisotopic (exact) mass is 360 g/mol. The van der Waals surface area contributed by atoms with E-state index < -0.39 is 0 Å². The fourth-order valence-electron chi connectivity index (χ4n) is 3.14. The van der Waals surface area contributed by atoms with Gasteiger partial charge in [0.2, 0.25) is 6.41 Å². The molecule has 1 amide bonds. The lowest BCUT2D eigenvalue weighted by atomic mass is 9.87. The number of pyridine rings is 1. The molecule has 5 heteroatoms. The van der Waals surface area contributed by atoms with E-state index in [2.05, 4.69) is 37.5 Å². The predicted octanol–water partition coefficient (Wildman–Crippen LogP) is 4.75. The quantitative estimate of drug-likeness (QED) is 0.349. The molecule has 0 aliphatic heterocycles. The van der Waals surface area contributed by atoms with Gasteiger partial charge in [0.1, 0.15) is 0 Å². The highest BCUT2D eigenvalue weighted by atomic mass is 16.1. The number of anilines is 1. The molecule has 0 bridgehead atoms. The van der Waals surface area contributed by atoms with Gasteiger partial charge >= 0.3 is 0 Å². The lowest BCUT2D eigenvalue weighted by Gasteiger charge is -2.21. The molecule has 0 fully saturated rings. The van der Waals surface area contributed by atoms with E-state index in [1.807, 2.05) is 48.5 Å². The van der Waals surface area contributed by atoms with Crippen LogP contribution in [-0.2, 0) is 4.79 Å². The lowest BCUT2D eigenvalue weighted by molar-refractivity contribution is -0.108. The zero-order chi connectivity index (χ0) is 19.4. The Morgan fingerprint density at radius 3 is 2.48 bits per heavy atom. The highest BCUT2D eigenvalue weighted by Gasteiger charge is 2.18. The van der Waals surface area contributed by atoms with Crippen LogP contribution >= 0.6 is 0 Å². The summed E-state index contributed by atoms with van der Waals surface area (Å²) >= 11 is 0. The second-order valence-corrected chi connectivity index (χ2v) is 6.96. The number of fused-ring (bicyclic) bond motifs is 1. The summed E-state index contributed by atoms with van der Waals surface area (Å²) in [5.74, 6) is 0.722. The zero-order valence-electron chi connectivity index (χ0n) is 15.8. The van der Waals surface area contributed by atoms with Crippen molar-refractivity contribution in [2.45, 2.75) is 26.7 Å². The Bertz CT molecular complexity index is 967. The maximum atomic E-state index is 10.7. The molecule has 0 radical (unpaired) electrons. The molecule has 2 aromatic carbocycles. The largest absolute Gasteiger partial charge is 0.325 e. The molecular formula is C22H24N4O. The molecule has 27 heavy (non-hydrogen) atoms. The van der Waals surface area contributed by atoms with E-state index >= 15 is 0 Å². The number of rotatable bonds is 5. The Hall–Kier alpha value is -3.21. The highest BCUT2D eigenvalue weighted by molar-refractivity contribution is 6.06. The van der Waals surface area contributed by atoms with Gasteiger partial charge in [-0.2, -0.15) is 0 Å². The molecule has 0 saturated heterocycles. The number of carbonyl (C=O) groups is 1. The molecule has 0 saturated carbocycles. The number of hydrogen-bond donors (Lipinski definition) is 3. The first-order chi connectivity index (χ1) is 13.0. The number of nitrogens with zero attached hydrogens (tertiary/aromatic N) is 1. The molecule has 0 aliphatic rings. The van der Waals surface area contributed by atoms with E-state index in [0.717, 1.165) is 27.8 Å². The van der Waals surface area contributed by atoms with Gasteiger partial charge in [-0.15, -0.1) is 0 Å². The molecule has 3 aromatic rings. The van der Waals surface area contributed by atoms with Crippen LogP contribution in [0, 0.1) is 11.3 Å². The summed E-state index contributed by atoms with van der Waals surface area (Å²) in [4.78, 5) is 15.6. The fraction of sp³-hybridized carbons (Fsp3) is 0.227. The Balaban J connectivity index is 2.23. The predicted molar refractivity (Wildman–Crippen MR) is 111 cm³/mol. The summed E-state index contributed by atoms with van der Waals surface area (Å²) in [6.07, 6.45) is 0.495. The Morgan fingerprint density at radius 2 is 1.81 bits per heavy atom. The Kier molecular flexibility index (Phi) is 5.50. The summed E-state index contributed by atoms with van der Waals surface area (Å²) in [6.45, 7) is 6.58. The van der Waals surface area contributed by atoms with E-state index in [-0.39, 0.29) is 5.96 Å². The van der Waals surface area contributed by atoms with E-state index in [4.69, 9.17) is 10.4 Å². The van der Waals surface area contributed by atoms with Gasteiger partial charge in [-0.05, 0) is 29.5 Å². The molecule has 1 unspecified atom stereocenters. The van der Waals surface area contributed by atoms with Crippen molar-refractivity contribution in [3.05, 3.63) is 60.2 Å². The minimum atomic E-state index is -0.0662. The third-order valence-corrected chi connectivity index (χ3v) is 4.89. The third kappa shape index (κ3) is 3.97. The summed E-state index contributed by atoms with van der Waals surface area (Å²) in [5.41, 5.74) is 4.62. The second kappa shape index (κ2) is 7.99. The smallest absolute Gasteiger partial charge is 0.213 e. The van der Waals surface area contributed by atoms with Crippen molar-refractivity contribution in [3.63, 3.8) is 0 Å². The van der Waals surface area contributed by atoms with Crippen LogP contribution in [0.4, 0.5) is 5.69 Å². The minimum absolute atomic E-state index is 0.0662. The molecule has 1 atom stereocenters. The number of amides is 1. The summed E-state index contributed by atoms with van der Waals surface area (Å²) in [6, 6.07) is 18.0. The topological polar surface area (TPSA) is 77.9 Å². The van der Waals surface area contributed by atoms with Crippen LogP contribution in [0.5, 0.6) is 0 Å². The molecule has 138 valence electrons. The van der Waals surface area contributed by atoms with Crippen molar-refractivity contribution in [2.75, 3.05) is 5.32 Å². The first-order valence-electron chi connectivity index (χ1n) is 9.06. The summed E-state index contributed by atoms with van der Waals surface area (Å²) in [5, 5.41) is 14.3. The normalized spacial score (nSPS) is 12.0. The fourth-order valence-corrected chi connectivity index (χ4v) is 3.14. The van der Waals surface area contributed by atoms with Gasteiger partial charge in [0.15, 0.2) is 5.96 Å². The van der Waals surface area contributed by atoms with E-state index in [1.54, 1.807) is 0 Å². The van der Waals surface area contributed by atoms with Gasteiger partial charge in [-0.1, -0.05) is 63.2 Å². The molecule has 1 aromatic heterocycles.